The van der Waals surface area contributed by atoms with E-state index in [4.69, 9.17) is 15.2 Å². The predicted molar refractivity (Wildman–Crippen MR) is 65.4 cm³/mol. The molecule has 1 amide bonds. The highest BCUT2D eigenvalue weighted by atomic mass is 16.7. The standard InChI is InChI=1S/C12H24N2O3/c1-5-12(13,6-2)10(15)14-7-9-8-16-11(3,4)17-9/h9H,5-8,13H2,1-4H3,(H,14,15). The van der Waals surface area contributed by atoms with Crippen LogP contribution < -0.4 is 11.1 Å². The van der Waals surface area contributed by atoms with Gasteiger partial charge in [0.15, 0.2) is 5.79 Å². The number of ether oxygens (including phenoxy) is 2. The van der Waals surface area contributed by atoms with Crippen LogP contribution in [0, 0.1) is 0 Å². The fraction of sp³-hybridized carbons (Fsp3) is 0.917. The van der Waals surface area contributed by atoms with Crippen LogP contribution in [-0.2, 0) is 14.3 Å². The number of hydrogen-bond donors (Lipinski definition) is 2. The number of nitrogens with one attached hydrogen (secondary N) is 1. The van der Waals surface area contributed by atoms with Crippen LogP contribution in [0.1, 0.15) is 40.5 Å². The summed E-state index contributed by atoms with van der Waals surface area (Å²) in [4.78, 5) is 11.9. The van der Waals surface area contributed by atoms with Crippen molar-refractivity contribution in [2.24, 2.45) is 5.73 Å². The minimum atomic E-state index is -0.769. The number of carbonyl (C=O) groups excluding carboxylic acids is 1. The highest BCUT2D eigenvalue weighted by molar-refractivity contribution is 5.85. The summed E-state index contributed by atoms with van der Waals surface area (Å²) in [6, 6.07) is 0. The molecule has 0 saturated carbocycles. The molecule has 1 rings (SSSR count). The van der Waals surface area contributed by atoms with Crippen LogP contribution in [0.3, 0.4) is 0 Å². The predicted octanol–water partition coefficient (Wildman–Crippen LogP) is 0.772. The molecule has 1 aliphatic heterocycles. The molecule has 5 heteroatoms. The monoisotopic (exact) mass is 244 g/mol. The van der Waals surface area contributed by atoms with E-state index in [0.29, 0.717) is 26.0 Å². The summed E-state index contributed by atoms with van der Waals surface area (Å²) in [6.07, 6.45) is 1.16. The van der Waals surface area contributed by atoms with Gasteiger partial charge in [-0.15, -0.1) is 0 Å². The molecule has 1 atom stereocenters. The van der Waals surface area contributed by atoms with Crippen molar-refractivity contribution in [3.05, 3.63) is 0 Å². The van der Waals surface area contributed by atoms with Gasteiger partial charge in [-0.05, 0) is 26.7 Å². The van der Waals surface area contributed by atoms with Gasteiger partial charge in [0.25, 0.3) is 0 Å². The molecule has 1 fully saturated rings. The van der Waals surface area contributed by atoms with Crippen LogP contribution in [0.25, 0.3) is 0 Å². The summed E-state index contributed by atoms with van der Waals surface area (Å²) in [5.74, 6) is -0.666. The molecule has 0 spiro atoms. The van der Waals surface area contributed by atoms with E-state index in [1.807, 2.05) is 27.7 Å². The van der Waals surface area contributed by atoms with Crippen molar-refractivity contribution in [1.29, 1.82) is 0 Å². The van der Waals surface area contributed by atoms with Crippen LogP contribution in [0.5, 0.6) is 0 Å². The Kier molecular flexibility index (Phi) is 4.52. The summed E-state index contributed by atoms with van der Waals surface area (Å²) in [5, 5.41) is 2.84. The van der Waals surface area contributed by atoms with Crippen molar-refractivity contribution in [2.45, 2.75) is 58.0 Å². The minimum absolute atomic E-state index is 0.0908. The second kappa shape index (κ2) is 5.33. The molecule has 3 N–H and O–H groups in total. The number of carbonyl (C=O) groups is 1. The maximum absolute atomic E-state index is 11.9. The molecule has 0 aliphatic carbocycles. The Hall–Kier alpha value is -0.650. The molecule has 17 heavy (non-hydrogen) atoms. The molecule has 5 nitrogen and oxygen atoms in total. The van der Waals surface area contributed by atoms with E-state index in [1.54, 1.807) is 0 Å². The quantitative estimate of drug-likeness (QED) is 0.749. The van der Waals surface area contributed by atoms with E-state index in [-0.39, 0.29) is 12.0 Å². The summed E-state index contributed by atoms with van der Waals surface area (Å²) in [7, 11) is 0. The number of hydrogen-bond acceptors (Lipinski definition) is 4. The Bertz CT molecular complexity index is 275. The molecule has 0 radical (unpaired) electrons. The van der Waals surface area contributed by atoms with Gasteiger partial charge in [-0.3, -0.25) is 4.79 Å². The van der Waals surface area contributed by atoms with E-state index in [0.717, 1.165) is 0 Å². The van der Waals surface area contributed by atoms with Gasteiger partial charge in [0, 0.05) is 6.54 Å². The van der Waals surface area contributed by atoms with Crippen LogP contribution in [0.2, 0.25) is 0 Å². The molecule has 1 aliphatic rings. The first-order chi connectivity index (χ1) is 7.83. The third-order valence-electron chi connectivity index (χ3n) is 3.27. The molecule has 0 aromatic carbocycles. The lowest BCUT2D eigenvalue weighted by atomic mass is 9.93. The first-order valence-corrected chi connectivity index (χ1v) is 6.22. The van der Waals surface area contributed by atoms with Crippen molar-refractivity contribution >= 4 is 5.91 Å². The average Bonchev–Trinajstić information content (AvgIpc) is 2.64. The highest BCUT2D eigenvalue weighted by Crippen LogP contribution is 2.21. The molecule has 0 aromatic rings. The number of nitrogens with two attached hydrogens (primary N) is 1. The normalized spacial score (nSPS) is 23.7. The summed E-state index contributed by atoms with van der Waals surface area (Å²) >= 11 is 0. The molecule has 1 heterocycles. The maximum Gasteiger partial charge on any atom is 0.240 e. The summed E-state index contributed by atoms with van der Waals surface area (Å²) < 4.78 is 11.0. The molecular formula is C12H24N2O3. The first kappa shape index (κ1) is 14.4. The lowest BCUT2D eigenvalue weighted by Gasteiger charge is -2.26. The Morgan fingerprint density at radius 2 is 2.06 bits per heavy atom. The van der Waals surface area contributed by atoms with Gasteiger partial charge < -0.3 is 20.5 Å². The second-order valence-corrected chi connectivity index (χ2v) is 5.02. The van der Waals surface area contributed by atoms with E-state index < -0.39 is 11.3 Å². The third kappa shape index (κ3) is 3.66. The molecule has 0 bridgehead atoms. The Morgan fingerprint density at radius 1 is 1.47 bits per heavy atom. The first-order valence-electron chi connectivity index (χ1n) is 6.22. The van der Waals surface area contributed by atoms with Crippen molar-refractivity contribution in [1.82, 2.24) is 5.32 Å². The summed E-state index contributed by atoms with van der Waals surface area (Å²) in [5.41, 5.74) is 5.23. The summed E-state index contributed by atoms with van der Waals surface area (Å²) in [6.45, 7) is 8.51. The van der Waals surface area contributed by atoms with Gasteiger partial charge in [0.2, 0.25) is 5.91 Å². The van der Waals surface area contributed by atoms with Crippen molar-refractivity contribution in [3.8, 4) is 0 Å². The van der Waals surface area contributed by atoms with E-state index >= 15 is 0 Å². The van der Waals surface area contributed by atoms with Gasteiger partial charge >= 0.3 is 0 Å². The lowest BCUT2D eigenvalue weighted by Crippen LogP contribution is -2.54. The Balaban J connectivity index is 2.39. The zero-order valence-electron chi connectivity index (χ0n) is 11.2. The van der Waals surface area contributed by atoms with Crippen LogP contribution in [0.15, 0.2) is 0 Å². The van der Waals surface area contributed by atoms with Gasteiger partial charge in [0.05, 0.1) is 12.1 Å². The third-order valence-corrected chi connectivity index (χ3v) is 3.27. The van der Waals surface area contributed by atoms with Gasteiger partial charge in [-0.25, -0.2) is 0 Å². The van der Waals surface area contributed by atoms with Crippen molar-refractivity contribution < 1.29 is 14.3 Å². The zero-order chi connectivity index (χ0) is 13.1. The fourth-order valence-corrected chi connectivity index (χ4v) is 1.82. The smallest absolute Gasteiger partial charge is 0.240 e. The molecule has 0 aromatic heterocycles. The van der Waals surface area contributed by atoms with Crippen molar-refractivity contribution in [3.63, 3.8) is 0 Å². The second-order valence-electron chi connectivity index (χ2n) is 5.02. The molecule has 100 valence electrons. The van der Waals surface area contributed by atoms with Crippen LogP contribution in [0.4, 0.5) is 0 Å². The highest BCUT2D eigenvalue weighted by Gasteiger charge is 2.34. The van der Waals surface area contributed by atoms with Crippen LogP contribution >= 0.6 is 0 Å². The number of amides is 1. The maximum atomic E-state index is 11.9. The minimum Gasteiger partial charge on any atom is -0.352 e. The van der Waals surface area contributed by atoms with Crippen molar-refractivity contribution in [2.75, 3.05) is 13.2 Å². The van der Waals surface area contributed by atoms with E-state index in [1.165, 1.54) is 0 Å². The average molecular weight is 244 g/mol. The SMILES string of the molecule is CCC(N)(CC)C(=O)NCC1COC(C)(C)O1. The topological polar surface area (TPSA) is 73.6 Å². The molecule has 1 saturated heterocycles. The lowest BCUT2D eigenvalue weighted by molar-refractivity contribution is -0.140. The van der Waals surface area contributed by atoms with Gasteiger partial charge in [-0.1, -0.05) is 13.8 Å². The van der Waals surface area contributed by atoms with Gasteiger partial charge in [-0.2, -0.15) is 0 Å². The Labute approximate surface area is 103 Å². The van der Waals surface area contributed by atoms with E-state index in [9.17, 15) is 4.79 Å². The Morgan fingerprint density at radius 3 is 2.47 bits per heavy atom. The zero-order valence-corrected chi connectivity index (χ0v) is 11.2. The van der Waals surface area contributed by atoms with Gasteiger partial charge in [0.1, 0.15) is 6.10 Å². The molecular weight excluding hydrogens is 220 g/mol. The largest absolute Gasteiger partial charge is 0.352 e. The number of rotatable bonds is 5. The molecule has 1 unspecified atom stereocenters. The van der Waals surface area contributed by atoms with Crippen LogP contribution in [-0.4, -0.2) is 36.5 Å². The van der Waals surface area contributed by atoms with E-state index in [2.05, 4.69) is 5.32 Å². The fourth-order valence-electron chi connectivity index (χ4n) is 1.82.